The van der Waals surface area contributed by atoms with Crippen LogP contribution in [0.15, 0.2) is 78.9 Å². The fourth-order valence-electron chi connectivity index (χ4n) is 4.01. The molecule has 0 spiro atoms. The van der Waals surface area contributed by atoms with E-state index in [4.69, 9.17) is 4.74 Å². The van der Waals surface area contributed by atoms with Crippen LogP contribution in [0, 0.1) is 0 Å². The number of carbonyl (C=O) groups is 2. The van der Waals surface area contributed by atoms with Crippen LogP contribution in [-0.2, 0) is 10.2 Å². The minimum Gasteiger partial charge on any atom is -0.465 e. The number of carbonyl (C=O) groups excluding carboxylic acids is 2. The van der Waals surface area contributed by atoms with E-state index in [1.54, 1.807) is 24.3 Å². The highest BCUT2D eigenvalue weighted by molar-refractivity contribution is 6.10. The Kier molecular flexibility index (Phi) is 5.13. The smallest absolute Gasteiger partial charge is 0.337 e. The number of fused-ring (bicyclic) bond motifs is 1. The van der Waals surface area contributed by atoms with Crippen molar-refractivity contribution in [3.8, 4) is 0 Å². The lowest BCUT2D eigenvalue weighted by Gasteiger charge is -2.32. The number of allylic oxidation sites excluding steroid dienone is 1. The van der Waals surface area contributed by atoms with Gasteiger partial charge in [-0.15, -0.1) is 0 Å². The summed E-state index contributed by atoms with van der Waals surface area (Å²) in [6, 6.07) is 22.9. The molecule has 1 aliphatic carbocycles. The molecule has 0 aliphatic heterocycles. The van der Waals surface area contributed by atoms with Gasteiger partial charge in [-0.05, 0) is 52.3 Å². The molecule has 0 bridgehead atoms. The molecular formula is C27H24O3. The van der Waals surface area contributed by atoms with Crippen molar-refractivity contribution in [3.63, 3.8) is 0 Å². The molecule has 30 heavy (non-hydrogen) atoms. The number of esters is 1. The first-order chi connectivity index (χ1) is 14.4. The van der Waals surface area contributed by atoms with Crippen molar-refractivity contribution in [1.82, 2.24) is 0 Å². The Balaban J connectivity index is 1.74. The van der Waals surface area contributed by atoms with Crippen LogP contribution in [0.2, 0.25) is 0 Å². The van der Waals surface area contributed by atoms with Gasteiger partial charge in [0.2, 0.25) is 0 Å². The minimum absolute atomic E-state index is 0.0113. The summed E-state index contributed by atoms with van der Waals surface area (Å²) in [7, 11) is 1.34. The molecule has 0 aromatic heterocycles. The lowest BCUT2D eigenvalue weighted by Crippen LogP contribution is -2.22. The SMILES string of the molecule is COC(=O)c1ccc(C(=O)c2ccc3c(c2)C(c2ccccc2)=CCC3(C)C)cc1. The third-order valence-corrected chi connectivity index (χ3v) is 5.77. The van der Waals surface area contributed by atoms with E-state index in [0.29, 0.717) is 16.7 Å². The average Bonchev–Trinajstić information content (AvgIpc) is 2.78. The van der Waals surface area contributed by atoms with Gasteiger partial charge in [0.1, 0.15) is 0 Å². The quantitative estimate of drug-likeness (QED) is 0.412. The van der Waals surface area contributed by atoms with Gasteiger partial charge in [0.05, 0.1) is 12.7 Å². The molecule has 0 fully saturated rings. The van der Waals surface area contributed by atoms with Crippen molar-refractivity contribution < 1.29 is 14.3 Å². The van der Waals surface area contributed by atoms with Crippen LogP contribution in [0.4, 0.5) is 0 Å². The van der Waals surface area contributed by atoms with Crippen LogP contribution in [0.3, 0.4) is 0 Å². The zero-order valence-electron chi connectivity index (χ0n) is 17.4. The van der Waals surface area contributed by atoms with Gasteiger partial charge in [0.25, 0.3) is 0 Å². The predicted molar refractivity (Wildman–Crippen MR) is 119 cm³/mol. The first-order valence-corrected chi connectivity index (χ1v) is 10.0. The van der Waals surface area contributed by atoms with Crippen molar-refractivity contribution in [2.45, 2.75) is 25.7 Å². The molecule has 0 saturated carbocycles. The van der Waals surface area contributed by atoms with Crippen molar-refractivity contribution in [3.05, 3.63) is 112 Å². The molecule has 0 unspecified atom stereocenters. The molecule has 3 nitrogen and oxygen atoms in total. The summed E-state index contributed by atoms with van der Waals surface area (Å²) in [5.74, 6) is -0.479. The first kappa shape index (κ1) is 19.8. The van der Waals surface area contributed by atoms with Crippen molar-refractivity contribution in [1.29, 1.82) is 0 Å². The number of hydrogen-bond acceptors (Lipinski definition) is 3. The lowest BCUT2D eigenvalue weighted by atomic mass is 9.71. The van der Waals surface area contributed by atoms with E-state index in [9.17, 15) is 9.59 Å². The summed E-state index contributed by atoms with van der Waals surface area (Å²) in [5, 5.41) is 0. The number of hydrogen-bond donors (Lipinski definition) is 0. The van der Waals surface area contributed by atoms with E-state index in [0.717, 1.165) is 17.5 Å². The Morgan fingerprint density at radius 1 is 0.833 bits per heavy atom. The van der Waals surface area contributed by atoms with Crippen molar-refractivity contribution in [2.75, 3.05) is 7.11 Å². The fraction of sp³-hybridized carbons (Fsp3) is 0.185. The summed E-state index contributed by atoms with van der Waals surface area (Å²) in [6.07, 6.45) is 3.23. The van der Waals surface area contributed by atoms with Gasteiger partial charge in [-0.2, -0.15) is 0 Å². The zero-order chi connectivity index (χ0) is 21.3. The third kappa shape index (κ3) is 3.59. The second-order valence-corrected chi connectivity index (χ2v) is 8.23. The summed E-state index contributed by atoms with van der Waals surface area (Å²) >= 11 is 0. The number of ether oxygens (including phenoxy) is 1. The largest absolute Gasteiger partial charge is 0.465 e. The number of benzene rings is 3. The van der Waals surface area contributed by atoms with Gasteiger partial charge in [-0.25, -0.2) is 4.79 Å². The maximum Gasteiger partial charge on any atom is 0.337 e. The zero-order valence-corrected chi connectivity index (χ0v) is 17.4. The van der Waals surface area contributed by atoms with Gasteiger partial charge in [0, 0.05) is 11.1 Å². The summed E-state index contributed by atoms with van der Waals surface area (Å²) in [6.45, 7) is 4.47. The number of rotatable bonds is 4. The molecule has 0 atom stereocenters. The maximum absolute atomic E-state index is 13.2. The lowest BCUT2D eigenvalue weighted by molar-refractivity contribution is 0.0600. The maximum atomic E-state index is 13.2. The second-order valence-electron chi connectivity index (χ2n) is 8.23. The summed E-state index contributed by atoms with van der Waals surface area (Å²) in [5.41, 5.74) is 6.30. The highest BCUT2D eigenvalue weighted by Gasteiger charge is 2.29. The Labute approximate surface area is 177 Å². The highest BCUT2D eigenvalue weighted by Crippen LogP contribution is 2.41. The van der Waals surface area contributed by atoms with Gasteiger partial charge in [-0.1, -0.05) is 74.5 Å². The van der Waals surface area contributed by atoms with E-state index in [1.165, 1.54) is 18.2 Å². The van der Waals surface area contributed by atoms with E-state index < -0.39 is 5.97 Å². The molecule has 0 radical (unpaired) electrons. The molecule has 4 rings (SSSR count). The number of methoxy groups -OCH3 is 1. The Hall–Kier alpha value is -3.46. The van der Waals surface area contributed by atoms with Crippen LogP contribution < -0.4 is 0 Å². The Morgan fingerprint density at radius 2 is 1.47 bits per heavy atom. The molecular weight excluding hydrogens is 372 g/mol. The van der Waals surface area contributed by atoms with Crippen LogP contribution in [0.1, 0.15) is 63.2 Å². The number of ketones is 1. The van der Waals surface area contributed by atoms with Crippen LogP contribution in [0.5, 0.6) is 0 Å². The average molecular weight is 396 g/mol. The van der Waals surface area contributed by atoms with Crippen LogP contribution in [-0.4, -0.2) is 18.9 Å². The fourth-order valence-corrected chi connectivity index (χ4v) is 4.01. The molecule has 0 N–H and O–H groups in total. The minimum atomic E-state index is -0.414. The van der Waals surface area contributed by atoms with Crippen LogP contribution >= 0.6 is 0 Å². The summed E-state index contributed by atoms with van der Waals surface area (Å²) < 4.78 is 4.73. The Bertz CT molecular complexity index is 1140. The Morgan fingerprint density at radius 3 is 2.13 bits per heavy atom. The highest BCUT2D eigenvalue weighted by atomic mass is 16.5. The van der Waals surface area contributed by atoms with E-state index in [2.05, 4.69) is 38.1 Å². The normalized spacial score (nSPS) is 14.4. The topological polar surface area (TPSA) is 43.4 Å². The molecule has 1 aliphatic rings. The van der Waals surface area contributed by atoms with Gasteiger partial charge >= 0.3 is 5.97 Å². The van der Waals surface area contributed by atoms with E-state index >= 15 is 0 Å². The van der Waals surface area contributed by atoms with Gasteiger partial charge in [-0.3, -0.25) is 4.79 Å². The molecule has 150 valence electrons. The van der Waals surface area contributed by atoms with Gasteiger partial charge < -0.3 is 4.74 Å². The van der Waals surface area contributed by atoms with Crippen molar-refractivity contribution in [2.24, 2.45) is 0 Å². The molecule has 0 heterocycles. The monoisotopic (exact) mass is 396 g/mol. The molecule has 0 amide bonds. The van der Waals surface area contributed by atoms with Gasteiger partial charge in [0.15, 0.2) is 5.78 Å². The first-order valence-electron chi connectivity index (χ1n) is 10.0. The van der Waals surface area contributed by atoms with E-state index in [-0.39, 0.29) is 11.2 Å². The standard InChI is InChI=1S/C27H24O3/c1-27(2)16-15-22(18-7-5-4-6-8-18)23-17-21(13-14-24(23)27)25(28)19-9-11-20(12-10-19)26(29)30-3/h4-15,17H,16H2,1-3H3. The van der Waals surface area contributed by atoms with E-state index in [1.807, 2.05) is 30.3 Å². The van der Waals surface area contributed by atoms with Crippen molar-refractivity contribution >= 4 is 17.3 Å². The predicted octanol–water partition coefficient (Wildman–Crippen LogP) is 5.82. The molecule has 0 saturated heterocycles. The molecule has 3 aromatic carbocycles. The molecule has 3 heteroatoms. The summed E-state index contributed by atoms with van der Waals surface area (Å²) in [4.78, 5) is 24.8. The van der Waals surface area contributed by atoms with Crippen LogP contribution in [0.25, 0.3) is 5.57 Å². The molecule has 3 aromatic rings. The third-order valence-electron chi connectivity index (χ3n) is 5.77. The second kappa shape index (κ2) is 7.75.